The van der Waals surface area contributed by atoms with Crippen molar-refractivity contribution < 1.29 is 20.4 Å². The van der Waals surface area contributed by atoms with Crippen LogP contribution < -0.4 is 5.73 Å². The third kappa shape index (κ3) is 2.12. The zero-order chi connectivity index (χ0) is 9.72. The molecule has 0 aromatic rings. The van der Waals surface area contributed by atoms with Gasteiger partial charge in [0.2, 0.25) is 0 Å². The Balaban J connectivity index is 4.95. The Morgan fingerprint density at radius 2 is 1.58 bits per heavy atom. The van der Waals surface area contributed by atoms with Crippen LogP contribution in [0.1, 0.15) is 6.92 Å². The predicted molar refractivity (Wildman–Crippen MR) is 43.6 cm³/mol. The lowest BCUT2D eigenvalue weighted by Crippen LogP contribution is -2.04. The quantitative estimate of drug-likeness (QED) is 0.318. The van der Waals surface area contributed by atoms with Crippen LogP contribution in [0.15, 0.2) is 35.3 Å². The molecule has 0 amide bonds. The highest BCUT2D eigenvalue weighted by Crippen LogP contribution is 2.12. The number of hydrogen-bond acceptors (Lipinski definition) is 5. The molecule has 0 heterocycles. The van der Waals surface area contributed by atoms with E-state index in [0.29, 0.717) is 12.5 Å². The van der Waals surface area contributed by atoms with Crippen LogP contribution in [0.3, 0.4) is 0 Å². The van der Waals surface area contributed by atoms with Crippen molar-refractivity contribution in [3.63, 3.8) is 0 Å². The number of aliphatic hydroxyl groups excluding tert-OH is 4. The van der Waals surface area contributed by atoms with E-state index in [1.807, 2.05) is 0 Å². The lowest BCUT2D eigenvalue weighted by molar-refractivity contribution is 0.332. The van der Waals surface area contributed by atoms with Crippen LogP contribution in [0.4, 0.5) is 0 Å². The highest BCUT2D eigenvalue weighted by Gasteiger charge is 2.08. The van der Waals surface area contributed by atoms with Gasteiger partial charge in [-0.3, -0.25) is 0 Å². The van der Waals surface area contributed by atoms with Crippen LogP contribution in [-0.2, 0) is 0 Å². The van der Waals surface area contributed by atoms with Crippen molar-refractivity contribution >= 4 is 0 Å². The summed E-state index contributed by atoms with van der Waals surface area (Å²) in [5.74, 6) is -1.26. The molecule has 0 saturated heterocycles. The standard InChI is InChI=1S/C7H11NO4/c1-4(2-9)6(11)7(12)5(8)3-10/h2-3,9-12H,8H2,1H3/b4-2+,5-3-,7-6-. The summed E-state index contributed by atoms with van der Waals surface area (Å²) in [4.78, 5) is 0. The Labute approximate surface area is 69.4 Å². The summed E-state index contributed by atoms with van der Waals surface area (Å²) in [7, 11) is 0. The summed E-state index contributed by atoms with van der Waals surface area (Å²) in [6.07, 6.45) is 1.05. The molecule has 0 aromatic carbocycles. The largest absolute Gasteiger partial charge is 0.515 e. The maximum Gasteiger partial charge on any atom is 0.184 e. The van der Waals surface area contributed by atoms with Gasteiger partial charge in [0.05, 0.1) is 6.26 Å². The molecule has 0 aliphatic rings. The molecule has 0 radical (unpaired) electrons. The third-order valence-corrected chi connectivity index (χ3v) is 1.20. The maximum atomic E-state index is 9.06. The molecule has 0 atom stereocenters. The Hall–Kier alpha value is -1.78. The van der Waals surface area contributed by atoms with Crippen LogP contribution in [0, 0.1) is 0 Å². The average molecular weight is 173 g/mol. The van der Waals surface area contributed by atoms with Crippen LogP contribution >= 0.6 is 0 Å². The Bertz CT molecular complexity index is 226. The summed E-state index contributed by atoms with van der Waals surface area (Å²) in [5, 5.41) is 34.8. The number of nitrogens with two attached hydrogens (primary N) is 1. The first-order valence-corrected chi connectivity index (χ1v) is 3.08. The third-order valence-electron chi connectivity index (χ3n) is 1.20. The molecule has 5 nitrogen and oxygen atoms in total. The molecule has 68 valence electrons. The van der Waals surface area contributed by atoms with Gasteiger partial charge in [0.15, 0.2) is 11.5 Å². The molecule has 5 heteroatoms. The molecule has 0 aromatic heterocycles. The zero-order valence-corrected chi connectivity index (χ0v) is 6.52. The fourth-order valence-corrected chi connectivity index (χ4v) is 0.446. The van der Waals surface area contributed by atoms with Gasteiger partial charge in [-0.05, 0) is 6.92 Å². The SMILES string of the molecule is CC(=C\O)/C(O)=C(O)\C(N)=C\O. The van der Waals surface area contributed by atoms with Crippen molar-refractivity contribution in [1.29, 1.82) is 0 Å². The maximum absolute atomic E-state index is 9.06. The Morgan fingerprint density at radius 1 is 1.08 bits per heavy atom. The van der Waals surface area contributed by atoms with Crippen LogP contribution in [0.5, 0.6) is 0 Å². The second kappa shape index (κ2) is 4.17. The topological polar surface area (TPSA) is 107 Å². The molecule has 0 bridgehead atoms. The first-order chi connectivity index (χ1) is 5.54. The fraction of sp³-hybridized carbons (Fsp3) is 0.143. The summed E-state index contributed by atoms with van der Waals surface area (Å²) in [6.45, 7) is 1.36. The van der Waals surface area contributed by atoms with E-state index in [4.69, 9.17) is 26.2 Å². The van der Waals surface area contributed by atoms with E-state index in [-0.39, 0.29) is 11.3 Å². The highest BCUT2D eigenvalue weighted by molar-refractivity contribution is 5.32. The van der Waals surface area contributed by atoms with Gasteiger partial charge < -0.3 is 26.2 Å². The molecule has 6 N–H and O–H groups in total. The van der Waals surface area contributed by atoms with E-state index < -0.39 is 11.5 Å². The van der Waals surface area contributed by atoms with Crippen molar-refractivity contribution in [2.24, 2.45) is 5.73 Å². The molecule has 0 spiro atoms. The van der Waals surface area contributed by atoms with Crippen LogP contribution in [-0.4, -0.2) is 20.4 Å². The van der Waals surface area contributed by atoms with Gasteiger partial charge in [-0.25, -0.2) is 0 Å². The van der Waals surface area contributed by atoms with Crippen LogP contribution in [0.2, 0.25) is 0 Å². The minimum Gasteiger partial charge on any atom is -0.515 e. The molecule has 12 heavy (non-hydrogen) atoms. The Kier molecular flexibility index (Phi) is 3.55. The first kappa shape index (κ1) is 10.2. The summed E-state index contributed by atoms with van der Waals surface area (Å²) < 4.78 is 0. The van der Waals surface area contributed by atoms with E-state index in [1.54, 1.807) is 0 Å². The second-order valence-electron chi connectivity index (χ2n) is 2.09. The van der Waals surface area contributed by atoms with Gasteiger partial charge in [0.25, 0.3) is 0 Å². The van der Waals surface area contributed by atoms with Crippen molar-refractivity contribution in [1.82, 2.24) is 0 Å². The normalized spacial score (nSPS) is 15.8. The monoisotopic (exact) mass is 173 g/mol. The van der Waals surface area contributed by atoms with E-state index in [0.717, 1.165) is 0 Å². The van der Waals surface area contributed by atoms with Gasteiger partial charge in [0.1, 0.15) is 12.0 Å². The molecule has 0 aliphatic heterocycles. The average Bonchev–Trinajstić information content (AvgIpc) is 2.12. The fourth-order valence-electron chi connectivity index (χ4n) is 0.446. The highest BCUT2D eigenvalue weighted by atomic mass is 16.3. The lowest BCUT2D eigenvalue weighted by atomic mass is 10.2. The van der Waals surface area contributed by atoms with Gasteiger partial charge in [-0.1, -0.05) is 0 Å². The second-order valence-corrected chi connectivity index (χ2v) is 2.09. The van der Waals surface area contributed by atoms with Gasteiger partial charge in [0, 0.05) is 5.57 Å². The van der Waals surface area contributed by atoms with Crippen molar-refractivity contribution in [2.75, 3.05) is 0 Å². The summed E-state index contributed by atoms with van der Waals surface area (Å²) in [6, 6.07) is 0. The smallest absolute Gasteiger partial charge is 0.184 e. The van der Waals surface area contributed by atoms with E-state index in [9.17, 15) is 0 Å². The lowest BCUT2D eigenvalue weighted by Gasteiger charge is -2.02. The van der Waals surface area contributed by atoms with Gasteiger partial charge in [-0.2, -0.15) is 0 Å². The predicted octanol–water partition coefficient (Wildman–Crippen LogP) is 1.13. The molecule has 0 aliphatic carbocycles. The number of allylic oxidation sites excluding steroid dienone is 1. The summed E-state index contributed by atoms with van der Waals surface area (Å²) >= 11 is 0. The minimum atomic E-state index is -0.680. The number of hydrogen-bond donors (Lipinski definition) is 5. The van der Waals surface area contributed by atoms with Gasteiger partial charge in [-0.15, -0.1) is 0 Å². The first-order valence-electron chi connectivity index (χ1n) is 3.08. The van der Waals surface area contributed by atoms with Gasteiger partial charge >= 0.3 is 0 Å². The molecular formula is C7H11NO4. The zero-order valence-electron chi connectivity index (χ0n) is 6.52. The summed E-state index contributed by atoms with van der Waals surface area (Å²) in [5.41, 5.74) is 4.70. The van der Waals surface area contributed by atoms with Crippen molar-refractivity contribution in [3.8, 4) is 0 Å². The molecule has 0 rings (SSSR count). The minimum absolute atomic E-state index is 0.0392. The molecular weight excluding hydrogens is 162 g/mol. The number of aliphatic hydroxyl groups is 4. The van der Waals surface area contributed by atoms with E-state index >= 15 is 0 Å². The molecule has 0 unspecified atom stereocenters. The van der Waals surface area contributed by atoms with Crippen LogP contribution in [0.25, 0.3) is 0 Å². The van der Waals surface area contributed by atoms with Crippen molar-refractivity contribution in [2.45, 2.75) is 6.92 Å². The van der Waals surface area contributed by atoms with E-state index in [2.05, 4.69) is 0 Å². The van der Waals surface area contributed by atoms with E-state index in [1.165, 1.54) is 6.92 Å². The Morgan fingerprint density at radius 3 is 1.92 bits per heavy atom. The van der Waals surface area contributed by atoms with Crippen molar-refractivity contribution in [3.05, 3.63) is 35.3 Å². The molecule has 0 saturated carbocycles. The number of rotatable bonds is 2. The molecule has 0 fully saturated rings.